The van der Waals surface area contributed by atoms with Crippen LogP contribution < -0.4 is 11.2 Å². The van der Waals surface area contributed by atoms with Crippen LogP contribution in [-0.4, -0.2) is 18.7 Å². The minimum Gasteiger partial charge on any atom is -0.316 e. The van der Waals surface area contributed by atoms with E-state index in [0.717, 1.165) is 0 Å². The van der Waals surface area contributed by atoms with E-state index in [4.69, 9.17) is 0 Å². The number of aryl methyl sites for hydroxylation is 2. The van der Waals surface area contributed by atoms with Crippen LogP contribution in [0.3, 0.4) is 0 Å². The second-order valence-electron chi connectivity index (χ2n) is 5.40. The molecule has 3 rings (SSSR count). The van der Waals surface area contributed by atoms with Crippen LogP contribution >= 0.6 is 11.8 Å². The maximum Gasteiger partial charge on any atom is 0.332 e. The molecule has 0 atom stereocenters. The molecule has 2 aromatic heterocycles. The highest BCUT2D eigenvalue weighted by Gasteiger charge is 2.18. The molecule has 0 aliphatic heterocycles. The van der Waals surface area contributed by atoms with Crippen molar-refractivity contribution in [3.05, 3.63) is 56.5 Å². The normalized spacial score (nSPS) is 11.3. The fourth-order valence-electron chi connectivity index (χ4n) is 2.59. The summed E-state index contributed by atoms with van der Waals surface area (Å²) in [5, 5.41) is 0.564. The van der Waals surface area contributed by atoms with E-state index in [0.29, 0.717) is 34.2 Å². The summed E-state index contributed by atoms with van der Waals surface area (Å²) in [6.07, 6.45) is 0. The van der Waals surface area contributed by atoms with E-state index in [1.807, 2.05) is 0 Å². The molecule has 0 unspecified atom stereocenters. The van der Waals surface area contributed by atoms with Gasteiger partial charge in [0.05, 0.1) is 0 Å². The summed E-state index contributed by atoms with van der Waals surface area (Å²) >= 11 is 1.33. The van der Waals surface area contributed by atoms with Gasteiger partial charge in [0, 0.05) is 26.4 Å². The van der Waals surface area contributed by atoms with E-state index in [9.17, 15) is 14.0 Å². The van der Waals surface area contributed by atoms with Gasteiger partial charge in [-0.15, -0.1) is 0 Å². The third-order valence-corrected chi connectivity index (χ3v) is 5.03. The lowest BCUT2D eigenvalue weighted by atomic mass is 10.2. The van der Waals surface area contributed by atoms with Gasteiger partial charge >= 0.3 is 5.69 Å². The Morgan fingerprint density at radius 2 is 1.88 bits per heavy atom. The summed E-state index contributed by atoms with van der Waals surface area (Å²) in [6, 6.07) is 6.54. The molecule has 126 valence electrons. The van der Waals surface area contributed by atoms with Crippen LogP contribution in [0.1, 0.15) is 12.5 Å². The molecule has 1 aromatic carbocycles. The van der Waals surface area contributed by atoms with Crippen LogP contribution in [-0.2, 0) is 26.4 Å². The number of halogens is 1. The SMILES string of the molecule is CCn1c(=O)c2c(nc(SCc3ccccc3F)n2C)n(C)c1=O. The minimum absolute atomic E-state index is 0.274. The lowest BCUT2D eigenvalue weighted by Crippen LogP contribution is -2.39. The third-order valence-electron chi connectivity index (χ3n) is 3.95. The van der Waals surface area contributed by atoms with Crippen LogP contribution in [0, 0.1) is 5.82 Å². The molecule has 2 heterocycles. The first-order chi connectivity index (χ1) is 11.5. The molecule has 0 amide bonds. The van der Waals surface area contributed by atoms with Gasteiger partial charge in [-0.25, -0.2) is 14.2 Å². The van der Waals surface area contributed by atoms with Crippen molar-refractivity contribution in [1.29, 1.82) is 0 Å². The van der Waals surface area contributed by atoms with Crippen LogP contribution in [0.15, 0.2) is 39.0 Å². The zero-order valence-corrected chi connectivity index (χ0v) is 14.4. The lowest BCUT2D eigenvalue weighted by Gasteiger charge is -2.06. The van der Waals surface area contributed by atoms with Gasteiger partial charge in [-0.1, -0.05) is 30.0 Å². The molecule has 24 heavy (non-hydrogen) atoms. The monoisotopic (exact) mass is 348 g/mol. The van der Waals surface area contributed by atoms with Crippen LogP contribution in [0.2, 0.25) is 0 Å². The molecule has 6 nitrogen and oxygen atoms in total. The molecule has 0 fully saturated rings. The Kier molecular flexibility index (Phi) is 4.31. The standard InChI is InChI=1S/C16H17FN4O2S/c1-4-21-14(22)12-13(20(3)16(21)23)18-15(19(12)2)24-9-10-7-5-6-8-11(10)17/h5-8H,4,9H2,1-3H3. The number of imidazole rings is 1. The summed E-state index contributed by atoms with van der Waals surface area (Å²) in [5.74, 6) is 0.115. The van der Waals surface area contributed by atoms with E-state index in [2.05, 4.69) is 4.98 Å². The summed E-state index contributed by atoms with van der Waals surface area (Å²) < 4.78 is 17.9. The van der Waals surface area contributed by atoms with Crippen molar-refractivity contribution in [1.82, 2.24) is 18.7 Å². The lowest BCUT2D eigenvalue weighted by molar-refractivity contribution is 0.617. The molecular formula is C16H17FN4O2S. The number of aromatic nitrogens is 4. The van der Waals surface area contributed by atoms with Crippen molar-refractivity contribution < 1.29 is 4.39 Å². The highest BCUT2D eigenvalue weighted by Crippen LogP contribution is 2.24. The second-order valence-corrected chi connectivity index (χ2v) is 6.34. The van der Waals surface area contributed by atoms with Crippen LogP contribution in [0.5, 0.6) is 0 Å². The fraction of sp³-hybridized carbons (Fsp3) is 0.312. The third kappa shape index (κ3) is 2.56. The highest BCUT2D eigenvalue weighted by atomic mass is 32.2. The first-order valence-electron chi connectivity index (χ1n) is 7.48. The van der Waals surface area contributed by atoms with E-state index in [-0.39, 0.29) is 11.4 Å². The van der Waals surface area contributed by atoms with Crippen LogP contribution in [0.4, 0.5) is 4.39 Å². The van der Waals surface area contributed by atoms with Crippen LogP contribution in [0.25, 0.3) is 11.2 Å². The molecule has 0 saturated carbocycles. The summed E-state index contributed by atoms with van der Waals surface area (Å²) in [6.45, 7) is 2.04. The first kappa shape index (κ1) is 16.5. The van der Waals surface area contributed by atoms with E-state index in [1.54, 1.807) is 43.8 Å². The maximum atomic E-state index is 13.7. The van der Waals surface area contributed by atoms with Crippen molar-refractivity contribution in [2.24, 2.45) is 14.1 Å². The first-order valence-corrected chi connectivity index (χ1v) is 8.46. The molecule has 0 bridgehead atoms. The molecule has 3 aromatic rings. The minimum atomic E-state index is -0.390. The Morgan fingerprint density at radius 3 is 2.54 bits per heavy atom. The summed E-state index contributed by atoms with van der Waals surface area (Å²) in [4.78, 5) is 29.1. The Balaban J connectivity index is 2.08. The van der Waals surface area contributed by atoms with Gasteiger partial charge in [0.2, 0.25) is 0 Å². The maximum absolute atomic E-state index is 13.7. The molecule has 0 N–H and O–H groups in total. The number of fused-ring (bicyclic) bond motifs is 1. The number of rotatable bonds is 4. The van der Waals surface area contributed by atoms with E-state index < -0.39 is 5.69 Å². The van der Waals surface area contributed by atoms with E-state index >= 15 is 0 Å². The number of thioether (sulfide) groups is 1. The molecular weight excluding hydrogens is 331 g/mol. The van der Waals surface area contributed by atoms with Gasteiger partial charge in [0.15, 0.2) is 16.3 Å². The Labute approximate surface area is 141 Å². The van der Waals surface area contributed by atoms with Crippen molar-refractivity contribution >= 4 is 22.9 Å². The van der Waals surface area contributed by atoms with Crippen molar-refractivity contribution in [3.63, 3.8) is 0 Å². The molecule has 0 spiro atoms. The number of hydrogen-bond donors (Lipinski definition) is 0. The smallest absolute Gasteiger partial charge is 0.316 e. The zero-order valence-electron chi connectivity index (χ0n) is 13.6. The predicted octanol–water partition coefficient (Wildman–Crippen LogP) is 1.89. The Morgan fingerprint density at radius 1 is 1.17 bits per heavy atom. The van der Waals surface area contributed by atoms with E-state index in [1.165, 1.54) is 27.0 Å². The fourth-order valence-corrected chi connectivity index (χ4v) is 3.54. The summed E-state index contributed by atoms with van der Waals surface area (Å²) in [5.41, 5.74) is 0.528. The summed E-state index contributed by atoms with van der Waals surface area (Å²) in [7, 11) is 3.32. The average molecular weight is 348 g/mol. The Hall–Kier alpha value is -2.35. The van der Waals surface area contributed by atoms with Gasteiger partial charge in [-0.2, -0.15) is 0 Å². The highest BCUT2D eigenvalue weighted by molar-refractivity contribution is 7.98. The average Bonchev–Trinajstić information content (AvgIpc) is 2.90. The Bertz CT molecular complexity index is 1030. The number of hydrogen-bond acceptors (Lipinski definition) is 4. The largest absolute Gasteiger partial charge is 0.332 e. The van der Waals surface area contributed by atoms with Gasteiger partial charge < -0.3 is 4.57 Å². The van der Waals surface area contributed by atoms with Gasteiger partial charge in [-0.05, 0) is 18.6 Å². The molecule has 0 radical (unpaired) electrons. The second kappa shape index (κ2) is 6.27. The predicted molar refractivity (Wildman–Crippen MR) is 91.9 cm³/mol. The topological polar surface area (TPSA) is 61.8 Å². The zero-order chi connectivity index (χ0) is 17.4. The molecule has 0 aliphatic rings. The number of benzene rings is 1. The molecule has 0 aliphatic carbocycles. The van der Waals surface area contributed by atoms with Gasteiger partial charge in [0.1, 0.15) is 5.82 Å². The quantitative estimate of drug-likeness (QED) is 0.676. The van der Waals surface area contributed by atoms with Gasteiger partial charge in [0.25, 0.3) is 5.56 Å². The van der Waals surface area contributed by atoms with Crippen molar-refractivity contribution in [3.8, 4) is 0 Å². The molecule has 8 heteroatoms. The van der Waals surface area contributed by atoms with Gasteiger partial charge in [-0.3, -0.25) is 13.9 Å². The van der Waals surface area contributed by atoms with Crippen molar-refractivity contribution in [2.45, 2.75) is 24.4 Å². The number of nitrogens with zero attached hydrogens (tertiary/aromatic N) is 4. The van der Waals surface area contributed by atoms with Crippen molar-refractivity contribution in [2.75, 3.05) is 0 Å². The molecule has 0 saturated heterocycles.